The third-order valence-electron chi connectivity index (χ3n) is 4.42. The zero-order valence-electron chi connectivity index (χ0n) is 15.0. The van der Waals surface area contributed by atoms with Crippen molar-refractivity contribution in [2.75, 3.05) is 0 Å². The van der Waals surface area contributed by atoms with E-state index in [1.54, 1.807) is 15.9 Å². The van der Waals surface area contributed by atoms with Crippen LogP contribution in [0.3, 0.4) is 0 Å². The Bertz CT molecular complexity index is 869. The first-order chi connectivity index (χ1) is 12.0. The molecule has 1 N–H and O–H groups in total. The van der Waals surface area contributed by atoms with Crippen LogP contribution < -0.4 is 5.32 Å². The van der Waals surface area contributed by atoms with E-state index in [0.29, 0.717) is 24.5 Å². The number of hydrogen-bond acceptors (Lipinski definition) is 5. The van der Waals surface area contributed by atoms with Crippen molar-refractivity contribution >= 4 is 23.0 Å². The fourth-order valence-corrected chi connectivity index (χ4v) is 3.98. The number of nitrogens with zero attached hydrogens (tertiary/aromatic N) is 4. The van der Waals surface area contributed by atoms with Crippen molar-refractivity contribution in [1.29, 1.82) is 0 Å². The summed E-state index contributed by atoms with van der Waals surface area (Å²) in [5.41, 5.74) is 2.96. The largest absolute Gasteiger partial charge is 0.348 e. The summed E-state index contributed by atoms with van der Waals surface area (Å²) in [5.74, 6) is 1.00. The van der Waals surface area contributed by atoms with Gasteiger partial charge in [-0.25, -0.2) is 9.50 Å². The van der Waals surface area contributed by atoms with Crippen LogP contribution in [-0.4, -0.2) is 25.5 Å². The molecule has 132 valence electrons. The molecule has 7 heteroatoms. The molecular weight excluding hydrogens is 334 g/mol. The first-order valence-electron chi connectivity index (χ1n) is 8.46. The van der Waals surface area contributed by atoms with E-state index in [2.05, 4.69) is 40.3 Å². The molecule has 0 aliphatic carbocycles. The van der Waals surface area contributed by atoms with E-state index in [1.807, 2.05) is 25.3 Å². The van der Waals surface area contributed by atoms with Crippen molar-refractivity contribution in [3.05, 3.63) is 45.7 Å². The molecule has 0 fully saturated rings. The lowest BCUT2D eigenvalue weighted by Crippen LogP contribution is -2.31. The molecule has 0 saturated carbocycles. The van der Waals surface area contributed by atoms with E-state index in [4.69, 9.17) is 0 Å². The summed E-state index contributed by atoms with van der Waals surface area (Å²) >= 11 is 1.68. The predicted octanol–water partition coefficient (Wildman–Crippen LogP) is 3.25. The van der Waals surface area contributed by atoms with Gasteiger partial charge in [-0.05, 0) is 43.2 Å². The van der Waals surface area contributed by atoms with E-state index < -0.39 is 0 Å². The Hall–Kier alpha value is -2.28. The number of aryl methyl sites for hydroxylation is 2. The molecule has 3 heterocycles. The normalized spacial score (nSPS) is 12.7. The number of rotatable bonds is 6. The first kappa shape index (κ1) is 17.5. The highest BCUT2D eigenvalue weighted by atomic mass is 32.1. The van der Waals surface area contributed by atoms with Crippen molar-refractivity contribution < 1.29 is 4.79 Å². The minimum absolute atomic E-state index is 0.0598. The average Bonchev–Trinajstić information content (AvgIpc) is 3.23. The molecule has 25 heavy (non-hydrogen) atoms. The topological polar surface area (TPSA) is 72.2 Å². The first-order valence-corrected chi connectivity index (χ1v) is 9.34. The number of amides is 1. The van der Waals surface area contributed by atoms with Crippen LogP contribution in [0.25, 0.3) is 5.78 Å². The molecular formula is C18H23N5OS. The van der Waals surface area contributed by atoms with Crippen LogP contribution >= 0.6 is 11.3 Å². The number of aromatic nitrogens is 4. The third kappa shape index (κ3) is 3.71. The van der Waals surface area contributed by atoms with Crippen molar-refractivity contribution in [2.45, 2.75) is 46.6 Å². The lowest BCUT2D eigenvalue weighted by atomic mass is 10.0. The molecule has 0 aliphatic heterocycles. The lowest BCUT2D eigenvalue weighted by Gasteiger charge is -2.21. The number of fused-ring (bicyclic) bond motifs is 1. The highest BCUT2D eigenvalue weighted by molar-refractivity contribution is 7.10. The van der Waals surface area contributed by atoms with Crippen LogP contribution in [-0.2, 0) is 11.2 Å². The molecule has 0 aliphatic rings. The van der Waals surface area contributed by atoms with Gasteiger partial charge in [-0.3, -0.25) is 4.79 Å². The second-order valence-electron chi connectivity index (χ2n) is 6.54. The molecule has 3 aromatic heterocycles. The number of carbonyl (C=O) groups excluding carboxylic acids is 1. The van der Waals surface area contributed by atoms with Crippen LogP contribution in [0.4, 0.5) is 0 Å². The van der Waals surface area contributed by atoms with Crippen molar-refractivity contribution in [3.63, 3.8) is 0 Å². The van der Waals surface area contributed by atoms with Crippen LogP contribution in [0.1, 0.15) is 48.1 Å². The van der Waals surface area contributed by atoms with Crippen molar-refractivity contribution in [2.24, 2.45) is 5.92 Å². The number of thiophene rings is 1. The van der Waals surface area contributed by atoms with Gasteiger partial charge in [-0.2, -0.15) is 10.1 Å². The van der Waals surface area contributed by atoms with Crippen LogP contribution in [0.5, 0.6) is 0 Å². The summed E-state index contributed by atoms with van der Waals surface area (Å²) in [7, 11) is 0. The monoisotopic (exact) mass is 357 g/mol. The Morgan fingerprint density at radius 1 is 1.36 bits per heavy atom. The van der Waals surface area contributed by atoms with Gasteiger partial charge in [0.25, 0.3) is 5.78 Å². The SMILES string of the molecule is Cc1nc2ncnn2c(C)c1CCC(=O)N[C@H](c1cccs1)C(C)C. The molecule has 0 saturated heterocycles. The van der Waals surface area contributed by atoms with E-state index in [9.17, 15) is 4.79 Å². The van der Waals surface area contributed by atoms with E-state index >= 15 is 0 Å². The zero-order valence-corrected chi connectivity index (χ0v) is 15.8. The van der Waals surface area contributed by atoms with E-state index in [1.165, 1.54) is 11.2 Å². The molecule has 0 unspecified atom stereocenters. The van der Waals surface area contributed by atoms with Gasteiger partial charge in [-0.1, -0.05) is 19.9 Å². The van der Waals surface area contributed by atoms with E-state index in [0.717, 1.165) is 17.0 Å². The molecule has 0 radical (unpaired) electrons. The van der Waals surface area contributed by atoms with Gasteiger partial charge in [0.1, 0.15) is 6.33 Å². The summed E-state index contributed by atoms with van der Waals surface area (Å²) < 4.78 is 1.73. The second-order valence-corrected chi connectivity index (χ2v) is 7.52. The van der Waals surface area contributed by atoms with Crippen LogP contribution in [0, 0.1) is 19.8 Å². The maximum absolute atomic E-state index is 12.5. The smallest absolute Gasteiger partial charge is 0.252 e. The Morgan fingerprint density at radius 3 is 2.84 bits per heavy atom. The maximum Gasteiger partial charge on any atom is 0.252 e. The van der Waals surface area contributed by atoms with Crippen molar-refractivity contribution in [1.82, 2.24) is 24.9 Å². The molecule has 1 atom stereocenters. The third-order valence-corrected chi connectivity index (χ3v) is 5.38. The maximum atomic E-state index is 12.5. The minimum atomic E-state index is 0.0598. The predicted molar refractivity (Wildman–Crippen MR) is 98.6 cm³/mol. The average molecular weight is 357 g/mol. The minimum Gasteiger partial charge on any atom is -0.348 e. The lowest BCUT2D eigenvalue weighted by molar-refractivity contribution is -0.122. The fraction of sp³-hybridized carbons (Fsp3) is 0.444. The van der Waals surface area contributed by atoms with Gasteiger partial charge in [0.2, 0.25) is 5.91 Å². The molecule has 0 aromatic carbocycles. The number of hydrogen-bond donors (Lipinski definition) is 1. The molecule has 3 aromatic rings. The van der Waals surface area contributed by atoms with E-state index in [-0.39, 0.29) is 11.9 Å². The van der Waals surface area contributed by atoms with Gasteiger partial charge in [0, 0.05) is 22.7 Å². The highest BCUT2D eigenvalue weighted by Crippen LogP contribution is 2.26. The Labute approximate surface area is 151 Å². The van der Waals surface area contributed by atoms with Gasteiger partial charge >= 0.3 is 0 Å². The fourth-order valence-electron chi connectivity index (χ4n) is 3.04. The zero-order chi connectivity index (χ0) is 18.0. The quantitative estimate of drug-likeness (QED) is 0.735. The Balaban J connectivity index is 1.70. The summed E-state index contributed by atoms with van der Waals surface area (Å²) in [6.45, 7) is 8.20. The molecule has 6 nitrogen and oxygen atoms in total. The van der Waals surface area contributed by atoms with Crippen LogP contribution in [0.15, 0.2) is 23.8 Å². The summed E-state index contributed by atoms with van der Waals surface area (Å²) in [5, 5.41) is 9.42. The Kier molecular flexibility index (Phi) is 5.13. The number of nitrogens with one attached hydrogen (secondary N) is 1. The summed E-state index contributed by atoms with van der Waals surface area (Å²) in [6.07, 6.45) is 2.57. The van der Waals surface area contributed by atoms with Crippen LogP contribution in [0.2, 0.25) is 0 Å². The second kappa shape index (κ2) is 7.31. The highest BCUT2D eigenvalue weighted by Gasteiger charge is 2.20. The molecule has 1 amide bonds. The summed E-state index contributed by atoms with van der Waals surface area (Å²) in [4.78, 5) is 22.3. The molecule has 3 rings (SSSR count). The standard InChI is InChI=1S/C18H23N5OS/c1-11(2)17(15-6-5-9-25-15)22-16(24)8-7-14-12(3)21-18-19-10-20-23(18)13(14)4/h5-6,9-11,17H,7-8H2,1-4H3,(H,22,24)/t17-/m0/s1. The van der Waals surface area contributed by atoms with Gasteiger partial charge < -0.3 is 5.32 Å². The van der Waals surface area contributed by atoms with Gasteiger partial charge in [0.05, 0.1) is 6.04 Å². The Morgan fingerprint density at radius 2 is 2.16 bits per heavy atom. The summed E-state index contributed by atoms with van der Waals surface area (Å²) in [6, 6.07) is 4.16. The van der Waals surface area contributed by atoms with Gasteiger partial charge in [0.15, 0.2) is 0 Å². The van der Waals surface area contributed by atoms with Gasteiger partial charge in [-0.15, -0.1) is 11.3 Å². The molecule has 0 bridgehead atoms. The van der Waals surface area contributed by atoms with Crippen molar-refractivity contribution in [3.8, 4) is 0 Å². The molecule has 0 spiro atoms. The number of carbonyl (C=O) groups is 1.